The summed E-state index contributed by atoms with van der Waals surface area (Å²) in [5.41, 5.74) is 11.1. The predicted octanol–water partition coefficient (Wildman–Crippen LogP) is 12.2. The number of benzene rings is 7. The number of nitrogens with zero attached hydrogens (tertiary/aromatic N) is 5. The molecule has 0 fully saturated rings. The molecule has 0 atom stereocenters. The third kappa shape index (κ3) is 5.67. The molecule has 0 saturated heterocycles. The van der Waals surface area contributed by atoms with Crippen LogP contribution in [0.4, 0.5) is 34.1 Å². The monoisotopic (exact) mass is 655 g/mol. The van der Waals surface area contributed by atoms with Gasteiger partial charge in [0, 0.05) is 51.3 Å². The van der Waals surface area contributed by atoms with E-state index in [4.69, 9.17) is 9.97 Å². The number of anilines is 6. The van der Waals surface area contributed by atoms with E-state index in [1.807, 2.05) is 18.3 Å². The molecule has 242 valence electrons. The van der Waals surface area contributed by atoms with Crippen LogP contribution in [0.2, 0.25) is 0 Å². The Labute approximate surface area is 297 Å². The topological polar surface area (TPSA) is 37.2 Å². The van der Waals surface area contributed by atoms with Crippen LogP contribution in [0.5, 0.6) is 0 Å². The first-order valence-corrected chi connectivity index (χ1v) is 17.1. The van der Waals surface area contributed by atoms with E-state index in [1.54, 1.807) is 0 Å². The summed E-state index contributed by atoms with van der Waals surface area (Å²) in [6.07, 6.45) is 1.86. The van der Waals surface area contributed by atoms with Gasteiger partial charge in [-0.2, -0.15) is 0 Å². The molecule has 0 spiro atoms. The van der Waals surface area contributed by atoms with Gasteiger partial charge >= 0.3 is 0 Å². The molecule has 9 rings (SSSR count). The lowest BCUT2D eigenvalue weighted by molar-refractivity contribution is 1.10. The van der Waals surface area contributed by atoms with Crippen LogP contribution in [0.3, 0.4) is 0 Å². The van der Waals surface area contributed by atoms with Crippen LogP contribution < -0.4 is 9.80 Å². The molecule has 51 heavy (non-hydrogen) atoms. The molecule has 5 heteroatoms. The number of pyridine rings is 1. The summed E-state index contributed by atoms with van der Waals surface area (Å²) in [4.78, 5) is 14.8. The van der Waals surface area contributed by atoms with E-state index < -0.39 is 0 Å². The summed E-state index contributed by atoms with van der Waals surface area (Å²) in [5, 5.41) is 1.08. The average Bonchev–Trinajstić information content (AvgIpc) is 3.59. The average molecular weight is 656 g/mol. The highest BCUT2D eigenvalue weighted by Gasteiger charge is 2.22. The summed E-state index contributed by atoms with van der Waals surface area (Å²) >= 11 is 0. The first-order valence-electron chi connectivity index (χ1n) is 17.1. The van der Waals surface area contributed by atoms with Crippen molar-refractivity contribution < 1.29 is 0 Å². The van der Waals surface area contributed by atoms with Crippen molar-refractivity contribution >= 4 is 56.1 Å². The minimum atomic E-state index is 0.833. The van der Waals surface area contributed by atoms with Gasteiger partial charge in [0.25, 0.3) is 0 Å². The quantitative estimate of drug-likeness (QED) is 0.163. The van der Waals surface area contributed by atoms with Gasteiger partial charge in [-0.05, 0) is 91.0 Å². The minimum Gasteiger partial charge on any atom is -0.310 e. The zero-order valence-corrected chi connectivity index (χ0v) is 27.8. The molecular formula is C46H33N5. The van der Waals surface area contributed by atoms with Crippen LogP contribution >= 0.6 is 0 Å². The fourth-order valence-corrected chi connectivity index (χ4v) is 6.92. The second kappa shape index (κ2) is 13.1. The van der Waals surface area contributed by atoms with Gasteiger partial charge in [-0.1, -0.05) is 103 Å². The van der Waals surface area contributed by atoms with Crippen molar-refractivity contribution in [3.63, 3.8) is 0 Å². The molecule has 2 heterocycles. The highest BCUT2D eigenvalue weighted by atomic mass is 15.2. The molecule has 5 nitrogen and oxygen atoms in total. The maximum atomic E-state index is 5.36. The Morgan fingerprint density at radius 2 is 0.902 bits per heavy atom. The van der Waals surface area contributed by atoms with Gasteiger partial charge in [0.15, 0.2) is 0 Å². The third-order valence-corrected chi connectivity index (χ3v) is 9.15. The maximum absolute atomic E-state index is 5.36. The lowest BCUT2D eigenvalue weighted by atomic mass is 10.1. The zero-order chi connectivity index (χ0) is 34.0. The molecule has 0 unspecified atom stereocenters. The van der Waals surface area contributed by atoms with E-state index in [2.05, 4.69) is 196 Å². The Morgan fingerprint density at radius 1 is 0.412 bits per heavy atom. The molecule has 0 aliphatic carbocycles. The predicted molar refractivity (Wildman–Crippen MR) is 211 cm³/mol. The first-order chi connectivity index (χ1) is 25.3. The molecular weight excluding hydrogens is 623 g/mol. The Balaban J connectivity index is 1.37. The summed E-state index contributed by atoms with van der Waals surface area (Å²) in [6.45, 7) is 0. The largest absolute Gasteiger partial charge is 0.310 e. The number of para-hydroxylation sites is 7. The number of hydrogen-bond acceptors (Lipinski definition) is 4. The Morgan fingerprint density at radius 3 is 1.45 bits per heavy atom. The van der Waals surface area contributed by atoms with Crippen LogP contribution in [-0.4, -0.2) is 14.5 Å². The Kier molecular flexibility index (Phi) is 7.76. The van der Waals surface area contributed by atoms with Crippen molar-refractivity contribution in [2.24, 2.45) is 0 Å². The lowest BCUT2D eigenvalue weighted by Gasteiger charge is -2.30. The SMILES string of the molecule is c1ccc(N(c2ccccc2)c2cc(-c3nc4ccccc4n3-c3cccc4cccnc34)cc(N(c3ccccc3)c3ccccc3)c2)cc1. The fraction of sp³-hybridized carbons (Fsp3) is 0. The van der Waals surface area contributed by atoms with Crippen LogP contribution in [-0.2, 0) is 0 Å². The van der Waals surface area contributed by atoms with Crippen molar-refractivity contribution in [2.45, 2.75) is 0 Å². The number of fused-ring (bicyclic) bond motifs is 2. The van der Waals surface area contributed by atoms with Crippen LogP contribution in [0.15, 0.2) is 200 Å². The fourth-order valence-electron chi connectivity index (χ4n) is 6.92. The van der Waals surface area contributed by atoms with Gasteiger partial charge < -0.3 is 9.80 Å². The zero-order valence-electron chi connectivity index (χ0n) is 27.8. The molecule has 7 aromatic carbocycles. The molecule has 0 N–H and O–H groups in total. The van der Waals surface area contributed by atoms with Crippen molar-refractivity contribution in [2.75, 3.05) is 9.80 Å². The van der Waals surface area contributed by atoms with Crippen molar-refractivity contribution in [3.8, 4) is 17.1 Å². The van der Waals surface area contributed by atoms with Gasteiger partial charge in [0.1, 0.15) is 5.82 Å². The van der Waals surface area contributed by atoms with E-state index in [0.29, 0.717) is 0 Å². The summed E-state index contributed by atoms with van der Waals surface area (Å²) in [6, 6.07) is 67.7. The molecule has 2 aromatic heterocycles. The first kappa shape index (κ1) is 30.1. The third-order valence-electron chi connectivity index (χ3n) is 9.15. The van der Waals surface area contributed by atoms with Crippen LogP contribution in [0.1, 0.15) is 0 Å². The molecule has 9 aromatic rings. The molecule has 0 bridgehead atoms. The van der Waals surface area contributed by atoms with Gasteiger partial charge in [-0.15, -0.1) is 0 Å². The molecule has 0 amide bonds. The van der Waals surface area contributed by atoms with Gasteiger partial charge in [-0.3, -0.25) is 9.55 Å². The van der Waals surface area contributed by atoms with E-state index in [1.165, 1.54) is 0 Å². The highest BCUT2D eigenvalue weighted by Crippen LogP contribution is 2.44. The summed E-state index contributed by atoms with van der Waals surface area (Å²) in [7, 11) is 0. The molecule has 0 aliphatic rings. The highest BCUT2D eigenvalue weighted by molar-refractivity contribution is 5.93. The van der Waals surface area contributed by atoms with E-state index in [0.717, 1.165) is 73.1 Å². The van der Waals surface area contributed by atoms with Crippen LogP contribution in [0.25, 0.3) is 39.0 Å². The number of rotatable bonds is 8. The summed E-state index contributed by atoms with van der Waals surface area (Å²) in [5.74, 6) is 0.833. The number of imidazole rings is 1. The van der Waals surface area contributed by atoms with Crippen molar-refractivity contribution in [1.82, 2.24) is 14.5 Å². The van der Waals surface area contributed by atoms with Gasteiger partial charge in [-0.25, -0.2) is 4.98 Å². The van der Waals surface area contributed by atoms with Gasteiger partial charge in [0.2, 0.25) is 0 Å². The molecule has 0 saturated carbocycles. The molecule has 0 radical (unpaired) electrons. The van der Waals surface area contributed by atoms with Crippen LogP contribution in [0, 0.1) is 0 Å². The molecule has 0 aliphatic heterocycles. The maximum Gasteiger partial charge on any atom is 0.145 e. The Bertz CT molecular complexity index is 2400. The standard InChI is InChI=1S/C46H33N5/c1-5-19-36(20-6-1)49(37-21-7-2-8-22-37)40-31-35(32-41(33-40)50(38-23-9-3-10-24-38)39-25-11-4-12-26-39)46-48-42-27-13-14-28-43(42)51(46)44-29-15-17-34-18-16-30-47-45(34)44/h1-33H. The lowest BCUT2D eigenvalue weighted by Crippen LogP contribution is -2.14. The van der Waals surface area contributed by atoms with Crippen molar-refractivity contribution in [3.05, 3.63) is 200 Å². The Hall–Kier alpha value is -6.98. The normalized spacial score (nSPS) is 11.1. The number of hydrogen-bond donors (Lipinski definition) is 0. The second-order valence-electron chi connectivity index (χ2n) is 12.4. The van der Waals surface area contributed by atoms with E-state index in [9.17, 15) is 0 Å². The van der Waals surface area contributed by atoms with E-state index >= 15 is 0 Å². The van der Waals surface area contributed by atoms with Gasteiger partial charge in [0.05, 0.1) is 22.2 Å². The minimum absolute atomic E-state index is 0.833. The van der Waals surface area contributed by atoms with Crippen molar-refractivity contribution in [1.29, 1.82) is 0 Å². The number of aromatic nitrogens is 3. The summed E-state index contributed by atoms with van der Waals surface area (Å²) < 4.78 is 2.26. The smallest absolute Gasteiger partial charge is 0.145 e. The second-order valence-corrected chi connectivity index (χ2v) is 12.4. The van der Waals surface area contributed by atoms with E-state index in [-0.39, 0.29) is 0 Å².